The summed E-state index contributed by atoms with van der Waals surface area (Å²) in [5.41, 5.74) is 2.42. The number of hydrogen-bond donors (Lipinski definition) is 2. The van der Waals surface area contributed by atoms with Gasteiger partial charge in [0.05, 0.1) is 6.42 Å². The Hall–Kier alpha value is -1.23. The molecule has 0 bridgehead atoms. The molecule has 1 fully saturated rings. The van der Waals surface area contributed by atoms with E-state index in [1.54, 1.807) is 13.3 Å². The molecule has 0 aromatic heterocycles. The lowest BCUT2D eigenvalue weighted by atomic mass is 9.99. The zero-order valence-corrected chi connectivity index (χ0v) is 8.25. The Labute approximate surface area is 83.0 Å². The molecule has 5 heteroatoms. The second kappa shape index (κ2) is 4.85. The first-order valence-electron chi connectivity index (χ1n) is 4.59. The highest BCUT2D eigenvalue weighted by molar-refractivity contribution is 5.74. The van der Waals surface area contributed by atoms with Gasteiger partial charge in [-0.3, -0.25) is 10.2 Å². The van der Waals surface area contributed by atoms with Crippen molar-refractivity contribution in [2.24, 2.45) is 10.4 Å². The number of hydroxylamine groups is 1. The summed E-state index contributed by atoms with van der Waals surface area (Å²) in [4.78, 5) is 19.5. The van der Waals surface area contributed by atoms with Crippen molar-refractivity contribution in [3.05, 3.63) is 0 Å². The van der Waals surface area contributed by atoms with Crippen molar-refractivity contribution >= 4 is 18.5 Å². The first-order valence-corrected chi connectivity index (χ1v) is 4.59. The monoisotopic (exact) mass is 197 g/mol. The maximum Gasteiger partial charge on any atom is 0.325 e. The van der Waals surface area contributed by atoms with Crippen LogP contribution in [0.3, 0.4) is 0 Å². The molecule has 0 aliphatic heterocycles. The maximum absolute atomic E-state index is 11.2. The molecule has 0 atom stereocenters. The van der Waals surface area contributed by atoms with E-state index in [4.69, 9.17) is 5.41 Å². The summed E-state index contributed by atoms with van der Waals surface area (Å²) in [7, 11) is 1.56. The Bertz CT molecular complexity index is 246. The summed E-state index contributed by atoms with van der Waals surface area (Å²) in [5.74, 6) is -0.228. The molecule has 0 unspecified atom stereocenters. The van der Waals surface area contributed by atoms with Gasteiger partial charge in [0.2, 0.25) is 0 Å². The van der Waals surface area contributed by atoms with Crippen molar-refractivity contribution in [1.29, 1.82) is 5.41 Å². The van der Waals surface area contributed by atoms with Crippen molar-refractivity contribution < 1.29 is 9.63 Å². The van der Waals surface area contributed by atoms with Crippen LogP contribution < -0.4 is 5.48 Å². The van der Waals surface area contributed by atoms with Gasteiger partial charge >= 0.3 is 5.97 Å². The minimum atomic E-state index is -0.228. The van der Waals surface area contributed by atoms with E-state index in [-0.39, 0.29) is 11.4 Å². The van der Waals surface area contributed by atoms with Crippen LogP contribution >= 0.6 is 0 Å². The summed E-state index contributed by atoms with van der Waals surface area (Å²) in [6.07, 6.45) is 5.94. The molecule has 0 saturated heterocycles. The number of rotatable bonds is 6. The minimum absolute atomic E-state index is 0.0560. The van der Waals surface area contributed by atoms with Crippen LogP contribution in [0.25, 0.3) is 0 Å². The fraction of sp³-hybridized carbons (Fsp3) is 0.667. The van der Waals surface area contributed by atoms with Gasteiger partial charge in [-0.25, -0.2) is 4.99 Å². The van der Waals surface area contributed by atoms with Crippen LogP contribution in [-0.2, 0) is 9.63 Å². The summed E-state index contributed by atoms with van der Waals surface area (Å²) in [6, 6.07) is 0. The molecule has 0 aromatic rings. The van der Waals surface area contributed by atoms with Crippen LogP contribution in [-0.4, -0.2) is 25.6 Å². The minimum Gasteiger partial charge on any atom is -0.371 e. The second-order valence-corrected chi connectivity index (χ2v) is 3.52. The molecule has 0 amide bonds. The molecule has 1 rings (SSSR count). The largest absolute Gasteiger partial charge is 0.371 e. The van der Waals surface area contributed by atoms with Gasteiger partial charge in [0.1, 0.15) is 6.34 Å². The van der Waals surface area contributed by atoms with Crippen LogP contribution in [0.2, 0.25) is 0 Å². The second-order valence-electron chi connectivity index (χ2n) is 3.52. The average molecular weight is 197 g/mol. The fourth-order valence-electron chi connectivity index (χ4n) is 1.39. The predicted octanol–water partition coefficient (Wildman–Crippen LogP) is 0.902. The number of carbonyl (C=O) groups is 1. The van der Waals surface area contributed by atoms with Crippen molar-refractivity contribution in [3.8, 4) is 0 Å². The molecule has 0 radical (unpaired) electrons. The highest BCUT2D eigenvalue weighted by Crippen LogP contribution is 2.51. The highest BCUT2D eigenvalue weighted by atomic mass is 16.7. The summed E-state index contributed by atoms with van der Waals surface area (Å²) in [5, 5.41) is 6.71. The zero-order valence-electron chi connectivity index (χ0n) is 8.25. The summed E-state index contributed by atoms with van der Waals surface area (Å²) < 4.78 is 0. The van der Waals surface area contributed by atoms with Gasteiger partial charge < -0.3 is 4.84 Å². The molecule has 0 spiro atoms. The lowest BCUT2D eigenvalue weighted by Crippen LogP contribution is -2.19. The quantitative estimate of drug-likeness (QED) is 0.377. The molecular formula is C9H15N3O2. The van der Waals surface area contributed by atoms with E-state index in [1.807, 2.05) is 0 Å². The van der Waals surface area contributed by atoms with E-state index in [2.05, 4.69) is 15.3 Å². The average Bonchev–Trinajstić information content (AvgIpc) is 2.86. The third-order valence-electron chi connectivity index (χ3n) is 2.40. The van der Waals surface area contributed by atoms with Gasteiger partial charge in [0.25, 0.3) is 0 Å². The van der Waals surface area contributed by atoms with Gasteiger partial charge in [-0.2, -0.15) is 5.48 Å². The van der Waals surface area contributed by atoms with E-state index in [0.29, 0.717) is 6.42 Å². The molecule has 1 aliphatic carbocycles. The normalized spacial score (nSPS) is 18.1. The first kappa shape index (κ1) is 10.8. The van der Waals surface area contributed by atoms with E-state index in [0.717, 1.165) is 25.6 Å². The van der Waals surface area contributed by atoms with Gasteiger partial charge in [-0.05, 0) is 24.7 Å². The number of nitrogens with zero attached hydrogens (tertiary/aromatic N) is 1. The molecule has 14 heavy (non-hydrogen) atoms. The van der Waals surface area contributed by atoms with Crippen LogP contribution in [0.5, 0.6) is 0 Å². The van der Waals surface area contributed by atoms with Gasteiger partial charge in [0, 0.05) is 13.3 Å². The topological polar surface area (TPSA) is 74.5 Å². The molecular weight excluding hydrogens is 182 g/mol. The SMILES string of the molecule is CNOC(=O)CC1(CC=NC=N)CC1. The van der Waals surface area contributed by atoms with Crippen molar-refractivity contribution in [2.45, 2.75) is 25.7 Å². The Morgan fingerprint density at radius 1 is 1.71 bits per heavy atom. The molecule has 0 heterocycles. The van der Waals surface area contributed by atoms with Gasteiger partial charge in [-0.1, -0.05) is 0 Å². The lowest BCUT2D eigenvalue weighted by Gasteiger charge is -2.10. The Morgan fingerprint density at radius 2 is 2.43 bits per heavy atom. The molecule has 1 saturated carbocycles. The van der Waals surface area contributed by atoms with Crippen LogP contribution in [0, 0.1) is 10.8 Å². The third kappa shape index (κ3) is 3.26. The number of aliphatic imine (C=N–C) groups is 1. The van der Waals surface area contributed by atoms with Crippen LogP contribution in [0.15, 0.2) is 4.99 Å². The Kier molecular flexibility index (Phi) is 3.76. The maximum atomic E-state index is 11.2. The first-order chi connectivity index (χ1) is 6.72. The van der Waals surface area contributed by atoms with E-state index >= 15 is 0 Å². The Balaban J connectivity index is 2.31. The van der Waals surface area contributed by atoms with Crippen molar-refractivity contribution in [1.82, 2.24) is 5.48 Å². The fourth-order valence-corrected chi connectivity index (χ4v) is 1.39. The zero-order chi connectivity index (χ0) is 10.4. The number of hydrogen-bond acceptors (Lipinski definition) is 4. The lowest BCUT2D eigenvalue weighted by molar-refractivity contribution is -0.151. The van der Waals surface area contributed by atoms with Crippen molar-refractivity contribution in [3.63, 3.8) is 0 Å². The van der Waals surface area contributed by atoms with Crippen molar-refractivity contribution in [2.75, 3.05) is 7.05 Å². The summed E-state index contributed by atoms with van der Waals surface area (Å²) >= 11 is 0. The van der Waals surface area contributed by atoms with Crippen LogP contribution in [0.1, 0.15) is 25.7 Å². The van der Waals surface area contributed by atoms with Gasteiger partial charge in [-0.15, -0.1) is 0 Å². The smallest absolute Gasteiger partial charge is 0.325 e. The number of nitrogens with one attached hydrogen (secondary N) is 2. The van der Waals surface area contributed by atoms with E-state index in [1.165, 1.54) is 0 Å². The standard InChI is InChI=1S/C9H15N3O2/c1-11-14-8(13)6-9(2-3-9)4-5-12-7-10/h5,7,10-11H,2-4,6H2,1H3. The third-order valence-corrected chi connectivity index (χ3v) is 2.40. The molecule has 0 aromatic carbocycles. The molecule has 2 N–H and O–H groups in total. The summed E-state index contributed by atoms with van der Waals surface area (Å²) in [6.45, 7) is 0. The molecule has 1 aliphatic rings. The van der Waals surface area contributed by atoms with E-state index in [9.17, 15) is 4.79 Å². The predicted molar refractivity (Wildman–Crippen MR) is 53.3 cm³/mol. The van der Waals surface area contributed by atoms with Crippen LogP contribution in [0.4, 0.5) is 0 Å². The Morgan fingerprint density at radius 3 is 2.93 bits per heavy atom. The number of carbonyl (C=O) groups excluding carboxylic acids is 1. The van der Waals surface area contributed by atoms with Gasteiger partial charge in [0.15, 0.2) is 0 Å². The molecule has 78 valence electrons. The highest BCUT2D eigenvalue weighted by Gasteiger charge is 2.43. The molecule has 5 nitrogen and oxygen atoms in total. The van der Waals surface area contributed by atoms with E-state index < -0.39 is 0 Å².